The molecule has 3 heterocycles. The highest BCUT2D eigenvalue weighted by Gasteiger charge is 2.30. The Balaban J connectivity index is 1.50. The van der Waals surface area contributed by atoms with Crippen LogP contribution in [-0.4, -0.2) is 38.4 Å². The lowest BCUT2D eigenvalue weighted by Gasteiger charge is -2.15. The van der Waals surface area contributed by atoms with Crippen molar-refractivity contribution < 1.29 is 17.6 Å². The summed E-state index contributed by atoms with van der Waals surface area (Å²) in [6, 6.07) is 12.1. The SMILES string of the molecule is O=C1NCC[C@@H]1NS(=O)(=O)c1ccccc1-c1ccc(-c2cnc3c(c2)CCN3)c(F)c1. The minimum Gasteiger partial charge on any atom is -0.370 e. The zero-order valence-corrected chi connectivity index (χ0v) is 17.9. The van der Waals surface area contributed by atoms with E-state index >= 15 is 4.39 Å². The first-order valence-electron chi connectivity index (χ1n) is 10.3. The first-order chi connectivity index (χ1) is 15.4. The van der Waals surface area contributed by atoms with Gasteiger partial charge in [0.2, 0.25) is 15.9 Å². The van der Waals surface area contributed by atoms with Crippen molar-refractivity contribution >= 4 is 21.7 Å². The van der Waals surface area contributed by atoms with Crippen molar-refractivity contribution in [3.8, 4) is 22.3 Å². The van der Waals surface area contributed by atoms with Crippen LogP contribution in [0.15, 0.2) is 59.6 Å². The third-order valence-corrected chi connectivity index (χ3v) is 7.30. The summed E-state index contributed by atoms with van der Waals surface area (Å²) >= 11 is 0. The molecule has 0 bridgehead atoms. The predicted molar refractivity (Wildman–Crippen MR) is 119 cm³/mol. The van der Waals surface area contributed by atoms with Crippen molar-refractivity contribution in [2.75, 3.05) is 18.4 Å². The highest BCUT2D eigenvalue weighted by atomic mass is 32.2. The average molecular weight is 453 g/mol. The number of hydrogen-bond acceptors (Lipinski definition) is 5. The second-order valence-corrected chi connectivity index (χ2v) is 9.54. The molecular weight excluding hydrogens is 431 g/mol. The van der Waals surface area contributed by atoms with Gasteiger partial charge < -0.3 is 10.6 Å². The molecule has 3 N–H and O–H groups in total. The van der Waals surface area contributed by atoms with Gasteiger partial charge in [0.15, 0.2) is 0 Å². The number of nitrogens with one attached hydrogen (secondary N) is 3. The number of fused-ring (bicyclic) bond motifs is 1. The average Bonchev–Trinajstić information content (AvgIpc) is 3.41. The summed E-state index contributed by atoms with van der Waals surface area (Å²) in [5.74, 6) is 0.0125. The van der Waals surface area contributed by atoms with Crippen LogP contribution in [0.2, 0.25) is 0 Å². The maximum absolute atomic E-state index is 15.1. The fraction of sp³-hybridized carbons (Fsp3) is 0.217. The lowest BCUT2D eigenvalue weighted by Crippen LogP contribution is -2.40. The van der Waals surface area contributed by atoms with Crippen LogP contribution in [0.1, 0.15) is 12.0 Å². The summed E-state index contributed by atoms with van der Waals surface area (Å²) in [4.78, 5) is 16.2. The van der Waals surface area contributed by atoms with Crippen molar-refractivity contribution in [1.82, 2.24) is 15.0 Å². The number of amides is 1. The number of carbonyl (C=O) groups is 1. The van der Waals surface area contributed by atoms with E-state index in [-0.39, 0.29) is 10.8 Å². The topological polar surface area (TPSA) is 100 Å². The molecule has 0 saturated carbocycles. The largest absolute Gasteiger partial charge is 0.370 e. The Morgan fingerprint density at radius 1 is 1.00 bits per heavy atom. The number of rotatable bonds is 5. The Hall–Kier alpha value is -3.30. The van der Waals surface area contributed by atoms with E-state index in [1.54, 1.807) is 36.5 Å². The second kappa shape index (κ2) is 7.99. The van der Waals surface area contributed by atoms with Gasteiger partial charge in [0.25, 0.3) is 0 Å². The number of carbonyl (C=O) groups excluding carboxylic acids is 1. The molecule has 0 unspecified atom stereocenters. The standard InChI is InChI=1S/C23H21FN4O3S/c24-19-12-14(5-6-17(19)16-11-15-7-9-25-22(15)27-13-16)18-3-1-2-4-21(18)32(30,31)28-20-8-10-26-23(20)29/h1-6,11-13,20,28H,7-10H2,(H,25,27)(H,26,29)/t20-/m0/s1. The number of nitrogens with zero attached hydrogens (tertiary/aromatic N) is 1. The first-order valence-corrected chi connectivity index (χ1v) is 11.8. The van der Waals surface area contributed by atoms with Crippen LogP contribution < -0.4 is 15.4 Å². The Kier molecular flexibility index (Phi) is 5.15. The number of halogens is 1. The van der Waals surface area contributed by atoms with Gasteiger partial charge in [-0.05, 0) is 42.2 Å². The van der Waals surface area contributed by atoms with E-state index in [9.17, 15) is 13.2 Å². The van der Waals surface area contributed by atoms with Crippen LogP contribution in [0.5, 0.6) is 0 Å². The zero-order chi connectivity index (χ0) is 22.3. The molecule has 1 saturated heterocycles. The number of anilines is 1. The molecule has 2 aromatic carbocycles. The van der Waals surface area contributed by atoms with Gasteiger partial charge in [-0.1, -0.05) is 30.3 Å². The van der Waals surface area contributed by atoms with E-state index in [2.05, 4.69) is 20.3 Å². The molecule has 32 heavy (non-hydrogen) atoms. The minimum atomic E-state index is -3.99. The van der Waals surface area contributed by atoms with Gasteiger partial charge in [0, 0.05) is 36.0 Å². The Labute approximate surface area is 185 Å². The maximum atomic E-state index is 15.1. The van der Waals surface area contributed by atoms with E-state index in [1.165, 1.54) is 12.1 Å². The van der Waals surface area contributed by atoms with E-state index < -0.39 is 21.9 Å². The van der Waals surface area contributed by atoms with E-state index in [0.717, 1.165) is 24.3 Å². The van der Waals surface area contributed by atoms with E-state index in [4.69, 9.17) is 0 Å². The summed E-state index contributed by atoms with van der Waals surface area (Å²) in [5.41, 5.74) is 2.91. The van der Waals surface area contributed by atoms with Gasteiger partial charge in [-0.2, -0.15) is 4.72 Å². The molecule has 5 rings (SSSR count). The second-order valence-electron chi connectivity index (χ2n) is 7.85. The Morgan fingerprint density at radius 2 is 1.84 bits per heavy atom. The van der Waals surface area contributed by atoms with Crippen molar-refractivity contribution in [3.63, 3.8) is 0 Å². The molecule has 1 aromatic heterocycles. The first kappa shape index (κ1) is 20.6. The summed E-state index contributed by atoms with van der Waals surface area (Å²) in [5, 5.41) is 5.79. The molecule has 9 heteroatoms. The third-order valence-electron chi connectivity index (χ3n) is 5.77. The molecule has 1 fully saturated rings. The number of benzene rings is 2. The summed E-state index contributed by atoms with van der Waals surface area (Å²) in [6.07, 6.45) is 2.85. The van der Waals surface area contributed by atoms with Gasteiger partial charge >= 0.3 is 0 Å². The van der Waals surface area contributed by atoms with Gasteiger partial charge in [0.05, 0.1) is 4.90 Å². The Morgan fingerprint density at radius 3 is 2.62 bits per heavy atom. The lowest BCUT2D eigenvalue weighted by atomic mass is 9.99. The highest BCUT2D eigenvalue weighted by Crippen LogP contribution is 2.33. The zero-order valence-electron chi connectivity index (χ0n) is 17.1. The van der Waals surface area contributed by atoms with Crippen LogP contribution in [0.4, 0.5) is 10.2 Å². The maximum Gasteiger partial charge on any atom is 0.241 e. The van der Waals surface area contributed by atoms with E-state index in [1.807, 2.05) is 6.07 Å². The quantitative estimate of drug-likeness (QED) is 0.553. The van der Waals surface area contributed by atoms with Crippen LogP contribution in [0, 0.1) is 5.82 Å². The highest BCUT2D eigenvalue weighted by molar-refractivity contribution is 7.89. The molecule has 164 valence electrons. The van der Waals surface area contributed by atoms with Gasteiger partial charge in [-0.25, -0.2) is 17.8 Å². The number of sulfonamides is 1. The smallest absolute Gasteiger partial charge is 0.241 e. The summed E-state index contributed by atoms with van der Waals surface area (Å²) in [6.45, 7) is 1.24. The monoisotopic (exact) mass is 452 g/mol. The van der Waals surface area contributed by atoms with Gasteiger partial charge in [-0.15, -0.1) is 0 Å². The molecule has 7 nitrogen and oxygen atoms in total. The van der Waals surface area contributed by atoms with Crippen molar-refractivity contribution in [1.29, 1.82) is 0 Å². The minimum absolute atomic E-state index is 0.00266. The molecule has 2 aliphatic heterocycles. The fourth-order valence-corrected chi connectivity index (χ4v) is 5.60. The molecule has 1 atom stereocenters. The van der Waals surface area contributed by atoms with Gasteiger partial charge in [0.1, 0.15) is 17.7 Å². The molecule has 0 spiro atoms. The normalized spacial score (nSPS) is 17.7. The molecule has 3 aromatic rings. The number of hydrogen-bond donors (Lipinski definition) is 3. The molecule has 1 amide bonds. The molecule has 2 aliphatic rings. The van der Waals surface area contributed by atoms with Crippen molar-refractivity contribution in [2.24, 2.45) is 0 Å². The van der Waals surface area contributed by atoms with Crippen LogP contribution >= 0.6 is 0 Å². The molecular formula is C23H21FN4O3S. The Bertz CT molecular complexity index is 1330. The number of pyridine rings is 1. The lowest BCUT2D eigenvalue weighted by molar-refractivity contribution is -0.120. The van der Waals surface area contributed by atoms with Crippen LogP contribution in [0.25, 0.3) is 22.3 Å². The van der Waals surface area contributed by atoms with E-state index in [0.29, 0.717) is 35.2 Å². The molecule has 0 aliphatic carbocycles. The van der Waals surface area contributed by atoms with Crippen LogP contribution in [-0.2, 0) is 21.2 Å². The van der Waals surface area contributed by atoms with Crippen molar-refractivity contribution in [2.45, 2.75) is 23.8 Å². The fourth-order valence-electron chi connectivity index (χ4n) is 4.14. The summed E-state index contributed by atoms with van der Waals surface area (Å²) in [7, 11) is -3.99. The summed E-state index contributed by atoms with van der Waals surface area (Å²) < 4.78 is 43.6. The van der Waals surface area contributed by atoms with Crippen molar-refractivity contribution in [3.05, 3.63) is 66.1 Å². The predicted octanol–water partition coefficient (Wildman–Crippen LogP) is 2.69. The van der Waals surface area contributed by atoms with Crippen LogP contribution in [0.3, 0.4) is 0 Å². The van der Waals surface area contributed by atoms with Gasteiger partial charge in [-0.3, -0.25) is 4.79 Å². The molecule has 0 radical (unpaired) electrons. The number of aromatic nitrogens is 1. The third kappa shape index (κ3) is 3.74.